The van der Waals surface area contributed by atoms with Crippen LogP contribution in [0, 0.1) is 18.6 Å². The minimum atomic E-state index is -0.852. The molecule has 0 fully saturated rings. The molecule has 0 atom stereocenters. The Hall–Kier alpha value is -3.16. The Morgan fingerprint density at radius 1 is 1.04 bits per heavy atom. The average molecular weight is 363 g/mol. The van der Waals surface area contributed by atoms with Crippen LogP contribution in [0.4, 0.5) is 30.6 Å². The van der Waals surface area contributed by atoms with E-state index in [0.29, 0.717) is 23.0 Å². The molecular weight excluding hydrogens is 344 g/mol. The van der Waals surface area contributed by atoms with Gasteiger partial charge in [-0.15, -0.1) is 0 Å². The second kappa shape index (κ2) is 8.80. The number of rotatable bonds is 6. The minimum absolute atomic E-state index is 0.104. The van der Waals surface area contributed by atoms with Gasteiger partial charge in [0.25, 0.3) is 0 Å². The Morgan fingerprint density at radius 2 is 1.77 bits per heavy atom. The van der Waals surface area contributed by atoms with Crippen LogP contribution in [0.15, 0.2) is 36.4 Å². The van der Waals surface area contributed by atoms with E-state index in [-0.39, 0.29) is 18.8 Å². The first-order valence-electron chi connectivity index (χ1n) is 7.93. The Morgan fingerprint density at radius 3 is 2.46 bits per heavy atom. The van der Waals surface area contributed by atoms with Crippen LogP contribution in [0.2, 0.25) is 0 Å². The van der Waals surface area contributed by atoms with Gasteiger partial charge in [-0.2, -0.15) is 0 Å². The van der Waals surface area contributed by atoms with Gasteiger partial charge in [0.2, 0.25) is 5.91 Å². The first kappa shape index (κ1) is 19.2. The molecule has 2 aromatic carbocycles. The van der Waals surface area contributed by atoms with E-state index < -0.39 is 23.6 Å². The fourth-order valence-corrected chi connectivity index (χ4v) is 2.20. The summed E-state index contributed by atoms with van der Waals surface area (Å²) in [5.74, 6) is -2.08. The summed E-state index contributed by atoms with van der Waals surface area (Å²) in [5, 5.41) is 7.87. The summed E-state index contributed by atoms with van der Waals surface area (Å²) < 4.78 is 31.2. The predicted molar refractivity (Wildman–Crippen MR) is 95.3 cm³/mol. The van der Waals surface area contributed by atoms with Gasteiger partial charge in [-0.1, -0.05) is 6.07 Å². The van der Waals surface area contributed by atoms with Crippen molar-refractivity contribution in [2.75, 3.05) is 29.1 Å². The zero-order chi connectivity index (χ0) is 19.1. The lowest BCUT2D eigenvalue weighted by Crippen LogP contribution is -2.23. The highest BCUT2D eigenvalue weighted by Crippen LogP contribution is 2.23. The van der Waals surface area contributed by atoms with Crippen LogP contribution in [0.5, 0.6) is 0 Å². The average Bonchev–Trinajstić information content (AvgIpc) is 2.58. The highest BCUT2D eigenvalue weighted by atomic mass is 19.1. The second-order valence-electron chi connectivity index (χ2n) is 5.35. The molecule has 2 rings (SSSR count). The van der Waals surface area contributed by atoms with E-state index in [2.05, 4.69) is 16.0 Å². The molecule has 0 saturated carbocycles. The first-order valence-corrected chi connectivity index (χ1v) is 7.93. The van der Waals surface area contributed by atoms with Gasteiger partial charge in [-0.25, -0.2) is 13.6 Å². The summed E-state index contributed by atoms with van der Waals surface area (Å²) in [5.41, 5.74) is 1.77. The molecule has 0 unspecified atom stereocenters. The molecule has 138 valence electrons. The highest BCUT2D eigenvalue weighted by Gasteiger charge is 2.11. The molecule has 3 N–H and O–H groups in total. The number of hydrogen-bond acceptors (Lipinski definition) is 4. The van der Waals surface area contributed by atoms with E-state index in [9.17, 15) is 18.4 Å². The van der Waals surface area contributed by atoms with Crippen LogP contribution >= 0.6 is 0 Å². The molecular formula is C18H19F2N3O3. The van der Waals surface area contributed by atoms with Gasteiger partial charge in [-0.05, 0) is 43.7 Å². The van der Waals surface area contributed by atoms with Gasteiger partial charge in [0.1, 0.15) is 11.6 Å². The number of carbonyl (C=O) groups excluding carboxylic acids is 2. The smallest absolute Gasteiger partial charge is 0.411 e. The third-order valence-corrected chi connectivity index (χ3v) is 3.49. The lowest BCUT2D eigenvalue weighted by Gasteiger charge is -2.14. The van der Waals surface area contributed by atoms with Crippen molar-refractivity contribution in [2.45, 2.75) is 13.8 Å². The van der Waals surface area contributed by atoms with Crippen LogP contribution in [0.1, 0.15) is 12.5 Å². The van der Waals surface area contributed by atoms with Crippen molar-refractivity contribution in [3.63, 3.8) is 0 Å². The van der Waals surface area contributed by atoms with Crippen LogP contribution < -0.4 is 16.0 Å². The monoisotopic (exact) mass is 363 g/mol. The number of amides is 2. The maximum Gasteiger partial charge on any atom is 0.411 e. The summed E-state index contributed by atoms with van der Waals surface area (Å²) in [7, 11) is 0. The van der Waals surface area contributed by atoms with Crippen molar-refractivity contribution in [2.24, 2.45) is 0 Å². The molecule has 8 heteroatoms. The van der Waals surface area contributed by atoms with Gasteiger partial charge in [-0.3, -0.25) is 10.1 Å². The Kier molecular flexibility index (Phi) is 6.48. The fraction of sp³-hybridized carbons (Fsp3) is 0.222. The van der Waals surface area contributed by atoms with E-state index in [1.54, 1.807) is 32.0 Å². The van der Waals surface area contributed by atoms with Gasteiger partial charge in [0.15, 0.2) is 0 Å². The van der Waals surface area contributed by atoms with Gasteiger partial charge in [0, 0.05) is 17.4 Å². The Labute approximate surface area is 149 Å². The highest BCUT2D eigenvalue weighted by molar-refractivity contribution is 5.94. The van der Waals surface area contributed by atoms with Crippen molar-refractivity contribution >= 4 is 29.1 Å². The Balaban J connectivity index is 1.98. The molecule has 0 saturated heterocycles. The molecule has 26 heavy (non-hydrogen) atoms. The number of benzene rings is 2. The first-order chi connectivity index (χ1) is 12.4. The number of carbonyl (C=O) groups is 2. The number of anilines is 3. The van der Waals surface area contributed by atoms with Crippen LogP contribution in [-0.2, 0) is 9.53 Å². The van der Waals surface area contributed by atoms with Crippen LogP contribution in [0.3, 0.4) is 0 Å². The second-order valence-corrected chi connectivity index (χ2v) is 5.35. The van der Waals surface area contributed by atoms with Gasteiger partial charge < -0.3 is 15.4 Å². The summed E-state index contributed by atoms with van der Waals surface area (Å²) in [6.07, 6.45) is -0.572. The SMILES string of the molecule is CCOC(=O)Nc1cccc(NCC(=O)Nc2ccc(F)cc2F)c1C. The molecule has 2 amide bonds. The molecule has 0 radical (unpaired) electrons. The molecule has 0 bridgehead atoms. The summed E-state index contributed by atoms with van der Waals surface area (Å²) >= 11 is 0. The molecule has 0 aliphatic heterocycles. The fourth-order valence-electron chi connectivity index (χ4n) is 2.20. The lowest BCUT2D eigenvalue weighted by atomic mass is 10.1. The van der Waals surface area contributed by atoms with Gasteiger partial charge in [0.05, 0.1) is 18.8 Å². The molecule has 0 aromatic heterocycles. The normalized spacial score (nSPS) is 10.2. The molecule has 0 aliphatic carbocycles. The Bertz CT molecular complexity index is 812. The molecule has 0 heterocycles. The zero-order valence-corrected chi connectivity index (χ0v) is 14.4. The van der Waals surface area contributed by atoms with E-state index in [4.69, 9.17) is 4.74 Å². The maximum absolute atomic E-state index is 13.5. The van der Waals surface area contributed by atoms with Crippen LogP contribution in [0.25, 0.3) is 0 Å². The van der Waals surface area contributed by atoms with Crippen molar-refractivity contribution in [1.29, 1.82) is 0 Å². The van der Waals surface area contributed by atoms with E-state index in [1.165, 1.54) is 0 Å². The molecule has 0 aliphatic rings. The number of hydrogen-bond donors (Lipinski definition) is 3. The minimum Gasteiger partial charge on any atom is -0.450 e. The molecule has 6 nitrogen and oxygen atoms in total. The van der Waals surface area contributed by atoms with E-state index in [1.807, 2.05) is 0 Å². The predicted octanol–water partition coefficient (Wildman–Crippen LogP) is 3.89. The summed E-state index contributed by atoms with van der Waals surface area (Å²) in [4.78, 5) is 23.5. The third kappa shape index (κ3) is 5.17. The summed E-state index contributed by atoms with van der Waals surface area (Å²) in [6, 6.07) is 8.04. The lowest BCUT2D eigenvalue weighted by molar-refractivity contribution is -0.114. The molecule has 0 spiro atoms. The zero-order valence-electron chi connectivity index (χ0n) is 14.4. The van der Waals surface area contributed by atoms with E-state index in [0.717, 1.165) is 12.1 Å². The largest absolute Gasteiger partial charge is 0.450 e. The number of ether oxygens (including phenoxy) is 1. The standard InChI is InChI=1S/C18H19F2N3O3/c1-3-26-18(25)23-15-6-4-5-14(11(15)2)21-10-17(24)22-16-8-7-12(19)9-13(16)20/h4-9,21H,3,10H2,1-2H3,(H,22,24)(H,23,25). The third-order valence-electron chi connectivity index (χ3n) is 3.49. The van der Waals surface area contributed by atoms with Crippen molar-refractivity contribution in [3.05, 3.63) is 53.6 Å². The quantitative estimate of drug-likeness (QED) is 0.727. The topological polar surface area (TPSA) is 79.5 Å². The van der Waals surface area contributed by atoms with Crippen LogP contribution in [-0.4, -0.2) is 25.2 Å². The number of nitrogens with one attached hydrogen (secondary N) is 3. The van der Waals surface area contributed by atoms with E-state index >= 15 is 0 Å². The molecule has 2 aromatic rings. The van der Waals surface area contributed by atoms with Crippen molar-refractivity contribution in [1.82, 2.24) is 0 Å². The van der Waals surface area contributed by atoms with Crippen molar-refractivity contribution in [3.8, 4) is 0 Å². The van der Waals surface area contributed by atoms with Crippen molar-refractivity contribution < 1.29 is 23.1 Å². The maximum atomic E-state index is 13.5. The number of halogens is 2. The van der Waals surface area contributed by atoms with Gasteiger partial charge >= 0.3 is 6.09 Å². The summed E-state index contributed by atoms with van der Waals surface area (Å²) in [6.45, 7) is 3.58.